The summed E-state index contributed by atoms with van der Waals surface area (Å²) in [5, 5.41) is 3.14. The van der Waals surface area contributed by atoms with E-state index in [9.17, 15) is 4.79 Å². The Hall–Kier alpha value is -1.26. The van der Waals surface area contributed by atoms with E-state index in [4.69, 9.17) is 0 Å². The largest absolute Gasteiger partial charge is 0.345 e. The van der Waals surface area contributed by atoms with Crippen LogP contribution in [0.3, 0.4) is 0 Å². The highest BCUT2D eigenvalue weighted by Gasteiger charge is 2.22. The zero-order valence-electron chi connectivity index (χ0n) is 10.8. The number of nitrogens with one attached hydrogen (secondary N) is 1. The van der Waals surface area contributed by atoms with Gasteiger partial charge >= 0.3 is 0 Å². The van der Waals surface area contributed by atoms with Crippen molar-refractivity contribution in [3.8, 4) is 0 Å². The molecule has 1 N–H and O–H groups in total. The van der Waals surface area contributed by atoms with E-state index in [1.54, 1.807) is 0 Å². The van der Waals surface area contributed by atoms with Crippen LogP contribution in [0.5, 0.6) is 0 Å². The molecule has 2 aromatic carbocycles. The maximum Gasteiger partial charge on any atom is 0.251 e. The van der Waals surface area contributed by atoms with Gasteiger partial charge in [0.1, 0.15) is 0 Å². The van der Waals surface area contributed by atoms with E-state index < -0.39 is 0 Å². The average molecular weight is 348 g/mol. The van der Waals surface area contributed by atoms with Gasteiger partial charge in [0.25, 0.3) is 5.91 Å². The number of benzene rings is 2. The summed E-state index contributed by atoms with van der Waals surface area (Å²) in [6, 6.07) is 15.9. The van der Waals surface area contributed by atoms with Gasteiger partial charge in [-0.25, -0.2) is 0 Å². The average Bonchev–Trinajstić information content (AvgIpc) is 2.48. The van der Waals surface area contributed by atoms with Crippen LogP contribution >= 0.6 is 27.7 Å². The third kappa shape index (κ3) is 2.91. The van der Waals surface area contributed by atoms with Crippen LogP contribution in [-0.2, 0) is 0 Å². The van der Waals surface area contributed by atoms with Gasteiger partial charge < -0.3 is 5.32 Å². The molecule has 0 bridgehead atoms. The van der Waals surface area contributed by atoms with Crippen molar-refractivity contribution in [2.75, 3.05) is 5.75 Å². The summed E-state index contributed by atoms with van der Waals surface area (Å²) < 4.78 is 0.980. The van der Waals surface area contributed by atoms with Crippen molar-refractivity contribution in [2.45, 2.75) is 17.4 Å². The van der Waals surface area contributed by atoms with E-state index in [0.29, 0.717) is 5.56 Å². The molecular formula is C16H14BrNOS. The number of hydrogen-bond acceptors (Lipinski definition) is 2. The second kappa shape index (κ2) is 6.02. The summed E-state index contributed by atoms with van der Waals surface area (Å²) in [7, 11) is 0. The number of fused-ring (bicyclic) bond motifs is 1. The van der Waals surface area contributed by atoms with E-state index in [1.807, 2.05) is 48.2 Å². The normalized spacial score (nSPS) is 17.4. The standard InChI is InChI=1S/C16H14BrNOS/c17-12-7-5-11(6-8-12)16(19)18-14-9-10-20-15-4-2-1-3-13(14)15/h1-8,14H,9-10H2,(H,18,19)/t14-/m1/s1. The molecule has 102 valence electrons. The Bertz CT molecular complexity index is 627. The van der Waals surface area contributed by atoms with Gasteiger partial charge in [0.15, 0.2) is 0 Å². The molecular weight excluding hydrogens is 334 g/mol. The highest BCUT2D eigenvalue weighted by molar-refractivity contribution is 9.10. The number of carbonyl (C=O) groups excluding carboxylic acids is 1. The zero-order chi connectivity index (χ0) is 13.9. The minimum absolute atomic E-state index is 0.01000. The molecule has 0 aromatic heterocycles. The van der Waals surface area contributed by atoms with Crippen LogP contribution < -0.4 is 5.32 Å². The molecule has 0 unspecified atom stereocenters. The molecule has 0 radical (unpaired) electrons. The highest BCUT2D eigenvalue weighted by Crippen LogP contribution is 2.35. The van der Waals surface area contributed by atoms with Crippen LogP contribution in [0.15, 0.2) is 57.9 Å². The first-order chi connectivity index (χ1) is 9.74. The molecule has 2 nitrogen and oxygen atoms in total. The third-order valence-electron chi connectivity index (χ3n) is 3.37. The minimum Gasteiger partial charge on any atom is -0.345 e. The van der Waals surface area contributed by atoms with E-state index in [1.165, 1.54) is 10.5 Å². The predicted octanol–water partition coefficient (Wildman–Crippen LogP) is 4.42. The summed E-state index contributed by atoms with van der Waals surface area (Å²) in [4.78, 5) is 13.6. The Morgan fingerprint density at radius 2 is 1.90 bits per heavy atom. The summed E-state index contributed by atoms with van der Waals surface area (Å²) in [6.45, 7) is 0. The summed E-state index contributed by atoms with van der Waals surface area (Å²) in [6.07, 6.45) is 0.976. The first kappa shape index (κ1) is 13.7. The lowest BCUT2D eigenvalue weighted by molar-refractivity contribution is 0.0935. The highest BCUT2D eigenvalue weighted by atomic mass is 79.9. The van der Waals surface area contributed by atoms with E-state index in [2.05, 4.69) is 33.4 Å². The van der Waals surface area contributed by atoms with Crippen LogP contribution in [0.4, 0.5) is 0 Å². The van der Waals surface area contributed by atoms with Crippen molar-refractivity contribution in [2.24, 2.45) is 0 Å². The molecule has 3 rings (SSSR count). The molecule has 1 heterocycles. The fraction of sp³-hybridized carbons (Fsp3) is 0.188. The molecule has 0 saturated carbocycles. The summed E-state index contributed by atoms with van der Waals surface area (Å²) >= 11 is 5.24. The van der Waals surface area contributed by atoms with Crippen molar-refractivity contribution >= 4 is 33.6 Å². The van der Waals surface area contributed by atoms with E-state index >= 15 is 0 Å². The summed E-state index contributed by atoms with van der Waals surface area (Å²) in [5.41, 5.74) is 1.93. The van der Waals surface area contributed by atoms with Gasteiger partial charge in [-0.3, -0.25) is 4.79 Å². The fourth-order valence-electron chi connectivity index (χ4n) is 2.33. The number of thioether (sulfide) groups is 1. The van der Waals surface area contributed by atoms with Gasteiger partial charge in [-0.1, -0.05) is 34.1 Å². The maximum atomic E-state index is 12.3. The number of rotatable bonds is 2. The van der Waals surface area contributed by atoms with E-state index in [-0.39, 0.29) is 11.9 Å². The van der Waals surface area contributed by atoms with Crippen LogP contribution in [0.2, 0.25) is 0 Å². The molecule has 0 saturated heterocycles. The number of hydrogen-bond donors (Lipinski definition) is 1. The molecule has 1 atom stereocenters. The molecule has 0 spiro atoms. The Balaban J connectivity index is 1.79. The molecule has 1 amide bonds. The molecule has 1 aliphatic rings. The van der Waals surface area contributed by atoms with Gasteiger partial charge in [0.2, 0.25) is 0 Å². The second-order valence-electron chi connectivity index (χ2n) is 4.71. The Morgan fingerprint density at radius 1 is 1.15 bits per heavy atom. The van der Waals surface area contributed by atoms with Crippen molar-refractivity contribution < 1.29 is 4.79 Å². The molecule has 2 aromatic rings. The van der Waals surface area contributed by atoms with Crippen molar-refractivity contribution in [3.63, 3.8) is 0 Å². The molecule has 0 aliphatic carbocycles. The Labute approximate surface area is 131 Å². The summed E-state index contributed by atoms with van der Waals surface area (Å²) in [5.74, 6) is 1.03. The quantitative estimate of drug-likeness (QED) is 0.871. The lowest BCUT2D eigenvalue weighted by atomic mass is 10.0. The topological polar surface area (TPSA) is 29.1 Å². The van der Waals surface area contributed by atoms with Gasteiger partial charge in [0, 0.05) is 20.7 Å². The zero-order valence-corrected chi connectivity index (χ0v) is 13.2. The van der Waals surface area contributed by atoms with Crippen LogP contribution in [0.25, 0.3) is 0 Å². The number of amides is 1. The lowest BCUT2D eigenvalue weighted by Crippen LogP contribution is -2.30. The first-order valence-corrected chi connectivity index (χ1v) is 8.30. The van der Waals surface area contributed by atoms with Crippen LogP contribution in [-0.4, -0.2) is 11.7 Å². The lowest BCUT2D eigenvalue weighted by Gasteiger charge is -2.25. The van der Waals surface area contributed by atoms with Gasteiger partial charge in [-0.15, -0.1) is 11.8 Å². The monoisotopic (exact) mass is 347 g/mol. The number of halogens is 1. The van der Waals surface area contributed by atoms with Gasteiger partial charge in [0.05, 0.1) is 6.04 Å². The van der Waals surface area contributed by atoms with Crippen molar-refractivity contribution in [1.82, 2.24) is 5.32 Å². The SMILES string of the molecule is O=C(N[C@@H]1CCSc2ccccc21)c1ccc(Br)cc1. The maximum absolute atomic E-state index is 12.3. The van der Waals surface area contributed by atoms with Crippen LogP contribution in [0.1, 0.15) is 28.4 Å². The molecule has 4 heteroatoms. The smallest absolute Gasteiger partial charge is 0.251 e. The molecule has 0 fully saturated rings. The van der Waals surface area contributed by atoms with Gasteiger partial charge in [-0.2, -0.15) is 0 Å². The predicted molar refractivity (Wildman–Crippen MR) is 86.1 cm³/mol. The van der Waals surface area contributed by atoms with Gasteiger partial charge in [-0.05, 0) is 42.3 Å². The number of carbonyl (C=O) groups is 1. The van der Waals surface area contributed by atoms with Crippen molar-refractivity contribution in [3.05, 3.63) is 64.1 Å². The van der Waals surface area contributed by atoms with Crippen molar-refractivity contribution in [1.29, 1.82) is 0 Å². The Kier molecular flexibility index (Phi) is 4.13. The van der Waals surface area contributed by atoms with E-state index in [0.717, 1.165) is 16.6 Å². The third-order valence-corrected chi connectivity index (χ3v) is 5.02. The molecule has 1 aliphatic heterocycles. The fourth-order valence-corrected chi connectivity index (χ4v) is 3.72. The Morgan fingerprint density at radius 3 is 2.70 bits per heavy atom. The van der Waals surface area contributed by atoms with Crippen LogP contribution in [0, 0.1) is 0 Å². The first-order valence-electron chi connectivity index (χ1n) is 6.52. The second-order valence-corrected chi connectivity index (χ2v) is 6.76. The molecule has 20 heavy (non-hydrogen) atoms. The minimum atomic E-state index is -0.01000.